The number of rotatable bonds is 5. The lowest BCUT2D eigenvalue weighted by Gasteiger charge is -2.11. The van der Waals surface area contributed by atoms with Gasteiger partial charge in [-0.15, -0.1) is 0 Å². The van der Waals surface area contributed by atoms with E-state index in [2.05, 4.69) is 15.0 Å². The van der Waals surface area contributed by atoms with Gasteiger partial charge >= 0.3 is 0 Å². The highest BCUT2D eigenvalue weighted by Gasteiger charge is 2.14. The Bertz CT molecular complexity index is 579. The smallest absolute Gasteiger partial charge is 0.246 e. The number of benzene rings is 1. The molecule has 0 spiro atoms. The maximum Gasteiger partial charge on any atom is 0.246 e. The molecule has 4 N–H and O–H groups in total. The second kappa shape index (κ2) is 5.73. The molecule has 0 aliphatic heterocycles. The van der Waals surface area contributed by atoms with Crippen LogP contribution in [0, 0.1) is 0 Å². The van der Waals surface area contributed by atoms with E-state index in [4.69, 9.17) is 0 Å². The zero-order valence-electron chi connectivity index (χ0n) is 10.5. The number of amides is 1. The molecular weight excluding hydrogens is 248 g/mol. The number of ether oxygens (including phenoxy) is 1. The summed E-state index contributed by atoms with van der Waals surface area (Å²) >= 11 is 0. The third kappa shape index (κ3) is 3.04. The Hall–Kier alpha value is -2.05. The molecule has 1 aromatic carbocycles. The van der Waals surface area contributed by atoms with Crippen LogP contribution in [-0.2, 0) is 9.53 Å². The van der Waals surface area contributed by atoms with E-state index in [0.717, 1.165) is 10.9 Å². The number of aromatic nitrogens is 1. The molecule has 0 saturated heterocycles. The second-order valence-electron chi connectivity index (χ2n) is 4.23. The molecule has 6 heteroatoms. The number of aromatic hydroxyl groups is 1. The lowest BCUT2D eigenvalue weighted by atomic mass is 10.1. The van der Waals surface area contributed by atoms with Crippen molar-refractivity contribution >= 4 is 16.8 Å². The lowest BCUT2D eigenvalue weighted by Crippen LogP contribution is -2.31. The monoisotopic (exact) mass is 264 g/mol. The molecular formula is C13H16N2O4. The number of nitrogens with one attached hydrogen (secondary N) is 2. The Morgan fingerprint density at radius 3 is 3.05 bits per heavy atom. The number of methoxy groups -OCH3 is 1. The summed E-state index contributed by atoms with van der Waals surface area (Å²) in [5.41, 5.74) is 1.44. The molecule has 0 bridgehead atoms. The Kier molecular flexibility index (Phi) is 4.03. The average molecular weight is 264 g/mol. The molecule has 0 aliphatic rings. The van der Waals surface area contributed by atoms with Crippen LogP contribution in [0.3, 0.4) is 0 Å². The zero-order valence-corrected chi connectivity index (χ0v) is 10.5. The van der Waals surface area contributed by atoms with Crippen molar-refractivity contribution in [3.63, 3.8) is 0 Å². The van der Waals surface area contributed by atoms with Crippen LogP contribution in [0.1, 0.15) is 11.7 Å². The minimum atomic E-state index is -0.851. The molecule has 0 radical (unpaired) electrons. The summed E-state index contributed by atoms with van der Waals surface area (Å²) in [6.45, 7) is 0.0478. The van der Waals surface area contributed by atoms with Crippen molar-refractivity contribution in [2.75, 3.05) is 20.3 Å². The van der Waals surface area contributed by atoms with E-state index in [1.165, 1.54) is 7.11 Å². The van der Waals surface area contributed by atoms with E-state index >= 15 is 0 Å². The van der Waals surface area contributed by atoms with Crippen LogP contribution in [0.4, 0.5) is 0 Å². The maximum atomic E-state index is 11.2. The molecule has 0 fully saturated rings. The minimum absolute atomic E-state index is 0.0403. The third-order valence-corrected chi connectivity index (χ3v) is 2.82. The predicted octanol–water partition coefficient (Wildman–Crippen LogP) is 0.670. The van der Waals surface area contributed by atoms with Gasteiger partial charge in [0, 0.05) is 36.3 Å². The minimum Gasteiger partial charge on any atom is -0.508 e. The van der Waals surface area contributed by atoms with Gasteiger partial charge in [-0.25, -0.2) is 0 Å². The molecule has 2 aromatic rings. The number of carbonyl (C=O) groups is 1. The highest BCUT2D eigenvalue weighted by atomic mass is 16.5. The standard InChI is InChI=1S/C13H16N2O4/c1-19-7-13(18)15-6-12(17)10-5-14-11-3-2-8(16)4-9(10)11/h2-5,12,14,16-17H,6-7H2,1H3,(H,15,18). The van der Waals surface area contributed by atoms with Crippen molar-refractivity contribution < 1.29 is 19.7 Å². The van der Waals surface area contributed by atoms with E-state index in [9.17, 15) is 15.0 Å². The van der Waals surface area contributed by atoms with Crippen molar-refractivity contribution in [2.45, 2.75) is 6.10 Å². The van der Waals surface area contributed by atoms with E-state index in [-0.39, 0.29) is 24.8 Å². The number of H-pyrrole nitrogens is 1. The highest BCUT2D eigenvalue weighted by molar-refractivity contribution is 5.85. The van der Waals surface area contributed by atoms with Crippen LogP contribution in [0.15, 0.2) is 24.4 Å². The fourth-order valence-electron chi connectivity index (χ4n) is 1.91. The number of fused-ring (bicyclic) bond motifs is 1. The van der Waals surface area contributed by atoms with Crippen molar-refractivity contribution in [1.82, 2.24) is 10.3 Å². The summed E-state index contributed by atoms with van der Waals surface area (Å²) in [6.07, 6.45) is 0.813. The highest BCUT2D eigenvalue weighted by Crippen LogP contribution is 2.26. The van der Waals surface area contributed by atoms with Gasteiger partial charge in [0.25, 0.3) is 0 Å². The van der Waals surface area contributed by atoms with Crippen LogP contribution in [0.2, 0.25) is 0 Å². The first-order chi connectivity index (χ1) is 9.11. The summed E-state index contributed by atoms with van der Waals surface area (Å²) in [6, 6.07) is 4.86. The largest absolute Gasteiger partial charge is 0.508 e. The number of aromatic amines is 1. The molecule has 1 amide bonds. The van der Waals surface area contributed by atoms with Crippen LogP contribution in [0.5, 0.6) is 5.75 Å². The van der Waals surface area contributed by atoms with Gasteiger partial charge in [-0.05, 0) is 18.2 Å². The average Bonchev–Trinajstić information content (AvgIpc) is 2.79. The van der Waals surface area contributed by atoms with E-state index < -0.39 is 6.10 Å². The lowest BCUT2D eigenvalue weighted by molar-refractivity contribution is -0.125. The van der Waals surface area contributed by atoms with E-state index in [1.807, 2.05) is 0 Å². The van der Waals surface area contributed by atoms with Gasteiger partial charge < -0.3 is 25.3 Å². The Labute approximate surface area is 110 Å². The number of carbonyl (C=O) groups excluding carboxylic acids is 1. The normalized spacial score (nSPS) is 12.5. The van der Waals surface area contributed by atoms with Gasteiger partial charge in [-0.3, -0.25) is 4.79 Å². The first kappa shape index (κ1) is 13.4. The predicted molar refractivity (Wildman–Crippen MR) is 69.8 cm³/mol. The molecule has 6 nitrogen and oxygen atoms in total. The van der Waals surface area contributed by atoms with Crippen LogP contribution in [-0.4, -0.2) is 41.4 Å². The van der Waals surface area contributed by atoms with Crippen molar-refractivity contribution in [1.29, 1.82) is 0 Å². The molecule has 19 heavy (non-hydrogen) atoms. The van der Waals surface area contributed by atoms with Gasteiger partial charge in [0.15, 0.2) is 0 Å². The molecule has 2 rings (SSSR count). The molecule has 0 saturated carbocycles. The SMILES string of the molecule is COCC(=O)NCC(O)c1c[nH]c2ccc(O)cc12. The van der Waals surface area contributed by atoms with Crippen LogP contribution >= 0.6 is 0 Å². The molecule has 102 valence electrons. The first-order valence-corrected chi connectivity index (χ1v) is 5.85. The van der Waals surface area contributed by atoms with Crippen LogP contribution in [0.25, 0.3) is 10.9 Å². The summed E-state index contributed by atoms with van der Waals surface area (Å²) in [7, 11) is 1.43. The number of hydrogen-bond donors (Lipinski definition) is 4. The fraction of sp³-hybridized carbons (Fsp3) is 0.308. The number of aliphatic hydroxyl groups is 1. The zero-order chi connectivity index (χ0) is 13.8. The maximum absolute atomic E-state index is 11.2. The van der Waals surface area contributed by atoms with Crippen molar-refractivity contribution in [2.24, 2.45) is 0 Å². The van der Waals surface area contributed by atoms with E-state index in [0.29, 0.717) is 5.56 Å². The van der Waals surface area contributed by atoms with Gasteiger partial charge in [-0.2, -0.15) is 0 Å². The summed E-state index contributed by atoms with van der Waals surface area (Å²) in [4.78, 5) is 14.2. The molecule has 1 aromatic heterocycles. The number of phenolic OH excluding ortho intramolecular Hbond substituents is 1. The summed E-state index contributed by atoms with van der Waals surface area (Å²) < 4.78 is 4.68. The van der Waals surface area contributed by atoms with Crippen molar-refractivity contribution in [3.8, 4) is 5.75 Å². The Morgan fingerprint density at radius 1 is 1.53 bits per heavy atom. The van der Waals surface area contributed by atoms with Gasteiger partial charge in [0.1, 0.15) is 12.4 Å². The quantitative estimate of drug-likeness (QED) is 0.638. The summed E-state index contributed by atoms with van der Waals surface area (Å²) in [5.74, 6) is -0.159. The van der Waals surface area contributed by atoms with Crippen molar-refractivity contribution in [3.05, 3.63) is 30.0 Å². The Balaban J connectivity index is 2.11. The summed E-state index contributed by atoms with van der Waals surface area (Å²) in [5, 5.41) is 22.8. The van der Waals surface area contributed by atoms with E-state index in [1.54, 1.807) is 24.4 Å². The Morgan fingerprint density at radius 2 is 2.32 bits per heavy atom. The molecule has 1 heterocycles. The number of phenols is 1. The van der Waals surface area contributed by atoms with Gasteiger partial charge in [0.2, 0.25) is 5.91 Å². The first-order valence-electron chi connectivity index (χ1n) is 5.85. The van der Waals surface area contributed by atoms with Gasteiger partial charge in [0.05, 0.1) is 6.10 Å². The molecule has 1 unspecified atom stereocenters. The molecule has 0 aliphatic carbocycles. The topological polar surface area (TPSA) is 94.6 Å². The number of hydrogen-bond acceptors (Lipinski definition) is 4. The number of aliphatic hydroxyl groups excluding tert-OH is 1. The fourth-order valence-corrected chi connectivity index (χ4v) is 1.91. The second-order valence-corrected chi connectivity index (χ2v) is 4.23. The molecule has 1 atom stereocenters. The van der Waals surface area contributed by atoms with Crippen LogP contribution < -0.4 is 5.32 Å². The van der Waals surface area contributed by atoms with Gasteiger partial charge in [-0.1, -0.05) is 0 Å². The third-order valence-electron chi connectivity index (χ3n) is 2.82.